The average molecular weight is 376 g/mol. The maximum Gasteiger partial charge on any atom is 0.167 e. The van der Waals surface area contributed by atoms with Gasteiger partial charge in [-0.1, -0.05) is 69.2 Å². The molecule has 124 valence electrons. The molecular weight excluding hydrogens is 358 g/mol. The molecule has 1 heterocycles. The van der Waals surface area contributed by atoms with Gasteiger partial charge < -0.3 is 9.26 Å². The van der Waals surface area contributed by atoms with Gasteiger partial charge in [0.1, 0.15) is 5.75 Å². The van der Waals surface area contributed by atoms with Crippen LogP contribution < -0.4 is 4.74 Å². The zero-order valence-corrected chi connectivity index (χ0v) is 15.6. The van der Waals surface area contributed by atoms with Gasteiger partial charge >= 0.3 is 0 Å². The highest BCUT2D eigenvalue weighted by Gasteiger charge is 2.06. The molecule has 0 saturated heterocycles. The molecule has 3 rings (SSSR count). The summed E-state index contributed by atoms with van der Waals surface area (Å²) in [7, 11) is 7.06. The van der Waals surface area contributed by atoms with Gasteiger partial charge in [0.2, 0.25) is 0 Å². The van der Waals surface area contributed by atoms with Crippen molar-refractivity contribution >= 4 is 31.4 Å². The zero-order valence-electron chi connectivity index (χ0n) is 13.2. The van der Waals surface area contributed by atoms with Crippen molar-refractivity contribution in [1.29, 1.82) is 0 Å². The van der Waals surface area contributed by atoms with E-state index >= 15 is 0 Å². The average Bonchev–Trinajstić information content (AvgIpc) is 3.12. The maximum absolute atomic E-state index is 5.41. The van der Waals surface area contributed by atoms with Crippen LogP contribution in [0.2, 0.25) is 0 Å². The van der Waals surface area contributed by atoms with E-state index in [0.717, 1.165) is 34.3 Å². The molecule has 0 fully saturated rings. The second-order valence-corrected chi connectivity index (χ2v) is 9.22. The van der Waals surface area contributed by atoms with E-state index in [1.54, 1.807) is 27.7 Å². The minimum absolute atomic E-state index is 0.821. The van der Waals surface area contributed by atoms with Gasteiger partial charge in [0.15, 0.2) is 5.76 Å². The summed E-state index contributed by atoms with van der Waals surface area (Å²) in [6, 6.07) is 20.2. The van der Waals surface area contributed by atoms with Crippen LogP contribution in [-0.2, 0) is 11.5 Å². The van der Waals surface area contributed by atoms with E-state index in [0.29, 0.717) is 0 Å². The summed E-state index contributed by atoms with van der Waals surface area (Å²) in [5.74, 6) is 3.51. The zero-order chi connectivity index (χ0) is 16.6. The van der Waals surface area contributed by atoms with Gasteiger partial charge in [0.05, 0.1) is 18.6 Å². The van der Waals surface area contributed by atoms with Crippen LogP contribution in [0.25, 0.3) is 11.3 Å². The molecule has 0 aliphatic rings. The van der Waals surface area contributed by atoms with Gasteiger partial charge in [-0.2, -0.15) is 0 Å². The summed E-state index contributed by atoms with van der Waals surface area (Å²) in [6.07, 6.45) is 0. The Labute approximate surface area is 153 Å². The van der Waals surface area contributed by atoms with E-state index in [-0.39, 0.29) is 0 Å². The molecule has 0 bridgehead atoms. The van der Waals surface area contributed by atoms with Crippen molar-refractivity contribution in [3.8, 4) is 17.1 Å². The van der Waals surface area contributed by atoms with Gasteiger partial charge in [-0.15, -0.1) is 0 Å². The molecule has 2 aromatic carbocycles. The van der Waals surface area contributed by atoms with E-state index in [1.807, 2.05) is 59.3 Å². The molecule has 1 aromatic heterocycles. The second-order valence-electron chi connectivity index (χ2n) is 4.99. The van der Waals surface area contributed by atoms with E-state index in [2.05, 4.69) is 17.3 Å². The van der Waals surface area contributed by atoms with Crippen molar-refractivity contribution in [3.05, 3.63) is 71.9 Å². The van der Waals surface area contributed by atoms with Gasteiger partial charge in [-0.05, 0) is 27.5 Å². The third-order valence-corrected chi connectivity index (χ3v) is 7.38. The molecule has 0 unspecified atom stereocenters. The first-order valence-corrected chi connectivity index (χ1v) is 11.2. The Hall–Kier alpha value is -1.50. The molecule has 0 radical (unpaired) electrons. The fourth-order valence-electron chi connectivity index (χ4n) is 2.05. The van der Waals surface area contributed by atoms with Crippen molar-refractivity contribution in [1.82, 2.24) is 5.16 Å². The van der Waals surface area contributed by atoms with Gasteiger partial charge in [0.25, 0.3) is 0 Å². The molecule has 3 aromatic rings. The highest BCUT2D eigenvalue weighted by Crippen LogP contribution is 2.39. The molecule has 0 aliphatic heterocycles. The number of benzene rings is 2. The Morgan fingerprint density at radius 3 is 2.46 bits per heavy atom. The Bertz CT molecular complexity index is 744. The lowest BCUT2D eigenvalue weighted by atomic mass is 10.2. The van der Waals surface area contributed by atoms with Crippen LogP contribution >= 0.6 is 31.4 Å². The molecule has 0 amide bonds. The molecule has 24 heavy (non-hydrogen) atoms. The first-order chi connectivity index (χ1) is 11.8. The van der Waals surface area contributed by atoms with Crippen LogP contribution in [0.4, 0.5) is 0 Å². The molecule has 6 heteroatoms. The highest BCUT2D eigenvalue weighted by molar-refractivity contribution is 9.09. The van der Waals surface area contributed by atoms with E-state index in [4.69, 9.17) is 9.26 Å². The van der Waals surface area contributed by atoms with Crippen LogP contribution in [0, 0.1) is 0 Å². The van der Waals surface area contributed by atoms with Crippen LogP contribution in [0.3, 0.4) is 0 Å². The maximum atomic E-state index is 5.41. The predicted molar refractivity (Wildman–Crippen MR) is 105 cm³/mol. The number of hydrogen-bond donors (Lipinski definition) is 0. The lowest BCUT2D eigenvalue weighted by molar-refractivity contribution is 0.414. The number of aromatic nitrogens is 1. The molecular formula is C18H17NO2S3. The Morgan fingerprint density at radius 2 is 1.71 bits per heavy atom. The van der Waals surface area contributed by atoms with Crippen molar-refractivity contribution in [3.63, 3.8) is 0 Å². The van der Waals surface area contributed by atoms with E-state index < -0.39 is 0 Å². The van der Waals surface area contributed by atoms with E-state index in [9.17, 15) is 0 Å². The summed E-state index contributed by atoms with van der Waals surface area (Å²) >= 11 is 0. The normalized spacial score (nSPS) is 10.7. The SMILES string of the molecule is COc1ccc(CSSSCc2cc(-c3ccccc3)on2)cc1. The summed E-state index contributed by atoms with van der Waals surface area (Å²) in [6.45, 7) is 0. The number of nitrogens with zero attached hydrogens (tertiary/aromatic N) is 1. The van der Waals surface area contributed by atoms with Gasteiger partial charge in [0, 0.05) is 17.4 Å². The van der Waals surface area contributed by atoms with Crippen LogP contribution in [-0.4, -0.2) is 12.3 Å². The predicted octanol–water partition coefficient (Wildman–Crippen LogP) is 6.08. The largest absolute Gasteiger partial charge is 0.497 e. The quantitative estimate of drug-likeness (QED) is 0.351. The van der Waals surface area contributed by atoms with Gasteiger partial charge in [-0.25, -0.2) is 0 Å². The van der Waals surface area contributed by atoms with Crippen molar-refractivity contribution in [2.45, 2.75) is 11.5 Å². The number of methoxy groups -OCH3 is 1. The summed E-state index contributed by atoms with van der Waals surface area (Å²) in [4.78, 5) is 0. The Morgan fingerprint density at radius 1 is 0.958 bits per heavy atom. The Balaban J connectivity index is 1.40. The monoisotopic (exact) mass is 375 g/mol. The first kappa shape index (κ1) is 17.3. The minimum atomic E-state index is 0.821. The topological polar surface area (TPSA) is 35.3 Å². The number of hydrogen-bond acceptors (Lipinski definition) is 6. The lowest BCUT2D eigenvalue weighted by Gasteiger charge is -2.02. The van der Waals surface area contributed by atoms with Crippen molar-refractivity contribution < 1.29 is 9.26 Å². The first-order valence-electron chi connectivity index (χ1n) is 7.40. The fraction of sp³-hybridized carbons (Fsp3) is 0.167. The molecule has 0 N–H and O–H groups in total. The third kappa shape index (κ3) is 5.00. The lowest BCUT2D eigenvalue weighted by Crippen LogP contribution is -1.83. The van der Waals surface area contributed by atoms with Crippen LogP contribution in [0.5, 0.6) is 5.75 Å². The molecule has 0 aliphatic carbocycles. The van der Waals surface area contributed by atoms with Crippen molar-refractivity contribution in [2.24, 2.45) is 0 Å². The van der Waals surface area contributed by atoms with Crippen LogP contribution in [0.1, 0.15) is 11.3 Å². The molecule has 0 atom stereocenters. The summed E-state index contributed by atoms with van der Waals surface area (Å²) in [5.41, 5.74) is 3.32. The number of rotatable bonds is 8. The second kappa shape index (κ2) is 9.11. The standard InChI is InChI=1S/C18H17NO2S3/c1-20-17-9-7-14(8-10-17)12-22-24-23-13-16-11-18(21-19-16)15-5-3-2-4-6-15/h2-11H,12-13H2,1H3. The van der Waals surface area contributed by atoms with Crippen molar-refractivity contribution in [2.75, 3.05) is 7.11 Å². The Kier molecular flexibility index (Phi) is 6.57. The molecule has 0 saturated carbocycles. The van der Waals surface area contributed by atoms with Crippen LogP contribution in [0.15, 0.2) is 65.2 Å². The fourth-order valence-corrected chi connectivity index (χ4v) is 5.54. The summed E-state index contributed by atoms with van der Waals surface area (Å²) in [5, 5.41) is 4.14. The third-order valence-electron chi connectivity index (χ3n) is 3.30. The minimum Gasteiger partial charge on any atom is -0.497 e. The molecule has 0 spiro atoms. The summed E-state index contributed by atoms with van der Waals surface area (Å²) < 4.78 is 10.6. The molecule has 3 nitrogen and oxygen atoms in total. The highest BCUT2D eigenvalue weighted by atomic mass is 33.5. The smallest absolute Gasteiger partial charge is 0.167 e. The number of ether oxygens (including phenoxy) is 1. The van der Waals surface area contributed by atoms with E-state index in [1.165, 1.54) is 5.56 Å². The van der Waals surface area contributed by atoms with Gasteiger partial charge in [-0.3, -0.25) is 0 Å².